The van der Waals surface area contributed by atoms with E-state index in [9.17, 15) is 14.4 Å². The molecule has 1 fully saturated rings. The van der Waals surface area contributed by atoms with Crippen molar-refractivity contribution in [2.75, 3.05) is 25.9 Å². The van der Waals surface area contributed by atoms with Gasteiger partial charge in [0.25, 0.3) is 0 Å². The first kappa shape index (κ1) is 15.8. The van der Waals surface area contributed by atoms with Crippen molar-refractivity contribution in [3.05, 3.63) is 0 Å². The number of likely N-dealkylation sites (tertiary alicyclic amines) is 1. The lowest BCUT2D eigenvalue weighted by atomic mass is 9.95. The van der Waals surface area contributed by atoms with Crippen molar-refractivity contribution in [2.24, 2.45) is 5.92 Å². The van der Waals surface area contributed by atoms with E-state index < -0.39 is 6.04 Å². The van der Waals surface area contributed by atoms with Gasteiger partial charge in [-0.2, -0.15) is 12.6 Å². The smallest absolute Gasteiger partial charge is 0.245 e. The van der Waals surface area contributed by atoms with Gasteiger partial charge in [-0.15, -0.1) is 0 Å². The van der Waals surface area contributed by atoms with E-state index in [2.05, 4.69) is 23.3 Å². The van der Waals surface area contributed by atoms with Crippen molar-refractivity contribution in [3.8, 4) is 0 Å². The quantitative estimate of drug-likeness (QED) is 0.605. The van der Waals surface area contributed by atoms with E-state index in [4.69, 9.17) is 0 Å². The molecule has 0 saturated carbocycles. The van der Waals surface area contributed by atoms with Crippen molar-refractivity contribution in [1.82, 2.24) is 15.5 Å². The lowest BCUT2D eigenvalue weighted by Gasteiger charge is -2.33. The van der Waals surface area contributed by atoms with Gasteiger partial charge in [0, 0.05) is 38.7 Å². The molecule has 6 nitrogen and oxygen atoms in total. The second kappa shape index (κ2) is 7.37. The van der Waals surface area contributed by atoms with Crippen molar-refractivity contribution in [1.29, 1.82) is 0 Å². The van der Waals surface area contributed by atoms with Crippen LogP contribution in [0.4, 0.5) is 0 Å². The minimum Gasteiger partial charge on any atom is -0.359 e. The fraction of sp³-hybridized carbons (Fsp3) is 0.750. The summed E-state index contributed by atoms with van der Waals surface area (Å²) in [5, 5.41) is 5.21. The van der Waals surface area contributed by atoms with Crippen LogP contribution in [0.2, 0.25) is 0 Å². The Morgan fingerprint density at radius 1 is 1.32 bits per heavy atom. The Bertz CT molecular complexity index is 354. The molecule has 0 radical (unpaired) electrons. The molecule has 1 aliphatic rings. The van der Waals surface area contributed by atoms with E-state index >= 15 is 0 Å². The molecule has 0 aromatic heterocycles. The summed E-state index contributed by atoms with van der Waals surface area (Å²) in [4.78, 5) is 36.4. The highest BCUT2D eigenvalue weighted by Gasteiger charge is 2.30. The third-order valence-corrected chi connectivity index (χ3v) is 3.65. The number of amides is 3. The molecule has 3 amide bonds. The summed E-state index contributed by atoms with van der Waals surface area (Å²) in [6.45, 7) is 2.46. The highest BCUT2D eigenvalue weighted by atomic mass is 32.1. The molecule has 7 heteroatoms. The maximum absolute atomic E-state index is 12.2. The lowest BCUT2D eigenvalue weighted by molar-refractivity contribution is -0.138. The lowest BCUT2D eigenvalue weighted by Crippen LogP contribution is -2.52. The van der Waals surface area contributed by atoms with Gasteiger partial charge in [-0.1, -0.05) is 0 Å². The second-order valence-corrected chi connectivity index (χ2v) is 5.01. The summed E-state index contributed by atoms with van der Waals surface area (Å²) in [5.41, 5.74) is 0. The molecule has 0 bridgehead atoms. The molecular formula is C12H21N3O3S. The minimum atomic E-state index is -0.586. The third-order valence-electron chi connectivity index (χ3n) is 3.28. The van der Waals surface area contributed by atoms with Gasteiger partial charge < -0.3 is 15.5 Å². The number of carbonyl (C=O) groups excluding carboxylic acids is 3. The SMILES string of the molecule is CNC(=O)C1CCN(C(=O)C(CS)NC(C)=O)CC1. The molecule has 1 saturated heterocycles. The van der Waals surface area contributed by atoms with Crippen LogP contribution in [-0.4, -0.2) is 54.6 Å². The van der Waals surface area contributed by atoms with Gasteiger partial charge in [0.05, 0.1) is 0 Å². The van der Waals surface area contributed by atoms with Gasteiger partial charge >= 0.3 is 0 Å². The minimum absolute atomic E-state index is 0.0238. The Balaban J connectivity index is 2.52. The molecule has 108 valence electrons. The van der Waals surface area contributed by atoms with E-state index in [0.717, 1.165) is 0 Å². The molecule has 1 unspecified atom stereocenters. The largest absolute Gasteiger partial charge is 0.359 e. The Labute approximate surface area is 118 Å². The van der Waals surface area contributed by atoms with Gasteiger partial charge in [0.15, 0.2) is 0 Å². The summed E-state index contributed by atoms with van der Waals surface area (Å²) >= 11 is 4.09. The number of thiol groups is 1. The Morgan fingerprint density at radius 2 is 1.89 bits per heavy atom. The van der Waals surface area contributed by atoms with Crippen LogP contribution in [0.3, 0.4) is 0 Å². The summed E-state index contributed by atoms with van der Waals surface area (Å²) < 4.78 is 0. The maximum Gasteiger partial charge on any atom is 0.245 e. The number of nitrogens with one attached hydrogen (secondary N) is 2. The summed E-state index contributed by atoms with van der Waals surface area (Å²) in [7, 11) is 1.62. The number of hydrogen-bond donors (Lipinski definition) is 3. The van der Waals surface area contributed by atoms with E-state index in [0.29, 0.717) is 25.9 Å². The van der Waals surface area contributed by atoms with E-state index in [1.165, 1.54) is 6.92 Å². The molecule has 1 heterocycles. The van der Waals surface area contributed by atoms with Crippen molar-refractivity contribution >= 4 is 30.4 Å². The molecule has 2 N–H and O–H groups in total. The molecule has 1 atom stereocenters. The van der Waals surface area contributed by atoms with Crippen LogP contribution < -0.4 is 10.6 Å². The first-order valence-corrected chi connectivity index (χ1v) is 7.01. The molecule has 0 aromatic rings. The predicted octanol–water partition coefficient (Wildman–Crippen LogP) is -0.594. The topological polar surface area (TPSA) is 78.5 Å². The zero-order valence-corrected chi connectivity index (χ0v) is 12.2. The van der Waals surface area contributed by atoms with Crippen LogP contribution in [0, 0.1) is 5.92 Å². The van der Waals surface area contributed by atoms with Gasteiger partial charge in [-0.25, -0.2) is 0 Å². The van der Waals surface area contributed by atoms with Crippen LogP contribution in [0.15, 0.2) is 0 Å². The van der Waals surface area contributed by atoms with E-state index in [1.54, 1.807) is 11.9 Å². The molecule has 1 rings (SSSR count). The monoisotopic (exact) mass is 287 g/mol. The van der Waals surface area contributed by atoms with Crippen molar-refractivity contribution in [2.45, 2.75) is 25.8 Å². The fourth-order valence-corrected chi connectivity index (χ4v) is 2.46. The number of hydrogen-bond acceptors (Lipinski definition) is 4. The normalized spacial score (nSPS) is 17.7. The van der Waals surface area contributed by atoms with Crippen LogP contribution in [0.25, 0.3) is 0 Å². The third kappa shape index (κ3) is 4.41. The molecule has 0 aromatic carbocycles. The van der Waals surface area contributed by atoms with Gasteiger partial charge in [-0.3, -0.25) is 14.4 Å². The Hall–Kier alpha value is -1.24. The highest BCUT2D eigenvalue weighted by Crippen LogP contribution is 2.18. The molecule has 0 aliphatic carbocycles. The molecule has 19 heavy (non-hydrogen) atoms. The van der Waals surface area contributed by atoms with Crippen molar-refractivity contribution in [3.63, 3.8) is 0 Å². The average Bonchev–Trinajstić information content (AvgIpc) is 2.43. The number of carbonyl (C=O) groups is 3. The summed E-state index contributed by atoms with van der Waals surface area (Å²) in [5.74, 6) is -0.0921. The van der Waals surface area contributed by atoms with Crippen LogP contribution in [0.1, 0.15) is 19.8 Å². The van der Waals surface area contributed by atoms with Gasteiger partial charge in [0.2, 0.25) is 17.7 Å². The van der Waals surface area contributed by atoms with E-state index in [1.807, 2.05) is 0 Å². The maximum atomic E-state index is 12.2. The van der Waals surface area contributed by atoms with Gasteiger partial charge in [-0.05, 0) is 12.8 Å². The first-order chi connectivity index (χ1) is 8.99. The molecule has 1 aliphatic heterocycles. The highest BCUT2D eigenvalue weighted by molar-refractivity contribution is 7.80. The number of nitrogens with zero attached hydrogens (tertiary/aromatic N) is 1. The number of rotatable bonds is 4. The Kier molecular flexibility index (Phi) is 6.14. The fourth-order valence-electron chi connectivity index (χ4n) is 2.22. The molecular weight excluding hydrogens is 266 g/mol. The summed E-state index contributed by atoms with van der Waals surface area (Å²) in [6, 6.07) is -0.586. The zero-order valence-electron chi connectivity index (χ0n) is 11.3. The number of piperidine rings is 1. The second-order valence-electron chi connectivity index (χ2n) is 4.65. The van der Waals surface area contributed by atoms with E-state index in [-0.39, 0.29) is 29.4 Å². The van der Waals surface area contributed by atoms with Gasteiger partial charge in [0.1, 0.15) is 6.04 Å². The van der Waals surface area contributed by atoms with Crippen LogP contribution in [-0.2, 0) is 14.4 Å². The summed E-state index contributed by atoms with van der Waals surface area (Å²) in [6.07, 6.45) is 1.32. The van der Waals surface area contributed by atoms with Crippen LogP contribution >= 0.6 is 12.6 Å². The predicted molar refractivity (Wildman–Crippen MR) is 74.8 cm³/mol. The van der Waals surface area contributed by atoms with Crippen LogP contribution in [0.5, 0.6) is 0 Å². The first-order valence-electron chi connectivity index (χ1n) is 6.38. The average molecular weight is 287 g/mol. The van der Waals surface area contributed by atoms with Crippen molar-refractivity contribution < 1.29 is 14.4 Å². The Morgan fingerprint density at radius 3 is 2.32 bits per heavy atom. The molecule has 0 spiro atoms. The zero-order chi connectivity index (χ0) is 14.4. The standard InChI is InChI=1S/C12H21N3O3S/c1-8(16)14-10(7-19)12(18)15-5-3-9(4-6-15)11(17)13-2/h9-10,19H,3-7H2,1-2H3,(H,13,17)(H,14,16).